The lowest BCUT2D eigenvalue weighted by Gasteiger charge is -2.08. The van der Waals surface area contributed by atoms with E-state index in [2.05, 4.69) is 10.1 Å². The summed E-state index contributed by atoms with van der Waals surface area (Å²) in [4.78, 5) is 15.7. The maximum absolute atomic E-state index is 11.1. The van der Waals surface area contributed by atoms with Crippen molar-refractivity contribution in [2.75, 3.05) is 20.8 Å². The molecule has 0 aliphatic heterocycles. The van der Waals surface area contributed by atoms with Crippen molar-refractivity contribution >= 4 is 16.8 Å². The number of ether oxygens (including phenoxy) is 3. The fourth-order valence-electron chi connectivity index (χ4n) is 2.80. The van der Waals surface area contributed by atoms with Gasteiger partial charge in [-0.05, 0) is 31.5 Å². The lowest BCUT2D eigenvalue weighted by molar-refractivity contribution is -0.119. The highest BCUT2D eigenvalue weighted by atomic mass is 16.5. The fraction of sp³-hybridized carbons (Fsp3) is 0.316. The van der Waals surface area contributed by atoms with Crippen LogP contribution in [0.1, 0.15) is 12.5 Å². The van der Waals surface area contributed by atoms with Gasteiger partial charge in [0.15, 0.2) is 11.4 Å². The second kappa shape index (κ2) is 7.03. The number of pyridine rings is 1. The van der Waals surface area contributed by atoms with Gasteiger partial charge in [0, 0.05) is 24.7 Å². The number of rotatable bonds is 6. The van der Waals surface area contributed by atoms with Crippen LogP contribution in [0.3, 0.4) is 0 Å². The number of hydrogen-bond acceptors (Lipinski definition) is 6. The fourth-order valence-corrected chi connectivity index (χ4v) is 2.80. The lowest BCUT2D eigenvalue weighted by Crippen LogP contribution is -2.08. The summed E-state index contributed by atoms with van der Waals surface area (Å²) in [6, 6.07) is 7.44. The highest BCUT2D eigenvalue weighted by Gasteiger charge is 2.17. The van der Waals surface area contributed by atoms with Gasteiger partial charge in [-0.25, -0.2) is 4.68 Å². The first kappa shape index (κ1) is 17.7. The molecule has 0 bridgehead atoms. The van der Waals surface area contributed by atoms with Gasteiger partial charge in [0.25, 0.3) is 0 Å². The smallest absolute Gasteiger partial charge is 0.215 e. The van der Waals surface area contributed by atoms with E-state index in [9.17, 15) is 4.79 Å². The third-order valence-corrected chi connectivity index (χ3v) is 4.02. The summed E-state index contributed by atoms with van der Waals surface area (Å²) < 4.78 is 17.9. The second-order valence-electron chi connectivity index (χ2n) is 6.04. The van der Waals surface area contributed by atoms with Crippen LogP contribution < -0.4 is 14.2 Å². The van der Waals surface area contributed by atoms with Gasteiger partial charge in [-0.1, -0.05) is 0 Å². The molecule has 0 aliphatic carbocycles. The van der Waals surface area contributed by atoms with Crippen molar-refractivity contribution in [2.45, 2.75) is 13.8 Å². The number of carbonyl (C=O) groups is 1. The summed E-state index contributed by atoms with van der Waals surface area (Å²) in [5.41, 5.74) is 3.29. The number of ketones is 1. The summed E-state index contributed by atoms with van der Waals surface area (Å²) in [6.45, 7) is 3.44. The van der Waals surface area contributed by atoms with Crippen LogP contribution in [0.15, 0.2) is 24.3 Å². The van der Waals surface area contributed by atoms with Gasteiger partial charge in [0.05, 0.1) is 19.6 Å². The van der Waals surface area contributed by atoms with E-state index >= 15 is 0 Å². The standard InChI is InChI=1S/C19H21N3O4/c1-11-6-16(26-10-12(2)23)20-19-17(11)18(21-22(19)3)13-7-14(24-4)9-15(8-13)25-5/h6-9H,10H2,1-5H3. The zero-order chi connectivity index (χ0) is 18.8. The zero-order valence-corrected chi connectivity index (χ0v) is 15.5. The van der Waals surface area contributed by atoms with Crippen molar-refractivity contribution in [3.8, 4) is 28.6 Å². The van der Waals surface area contributed by atoms with Crippen LogP contribution in [0, 0.1) is 6.92 Å². The molecule has 3 aromatic rings. The van der Waals surface area contributed by atoms with Crippen molar-refractivity contribution in [3.05, 3.63) is 29.8 Å². The summed E-state index contributed by atoms with van der Waals surface area (Å²) in [7, 11) is 5.05. The molecule has 0 saturated carbocycles. The molecule has 0 spiro atoms. The number of Topliss-reactive ketones (excluding diaryl/α,β-unsaturated/α-hetero) is 1. The zero-order valence-electron chi connectivity index (χ0n) is 15.5. The molecule has 2 heterocycles. The SMILES string of the molecule is COc1cc(OC)cc(-c2nn(C)c3nc(OCC(C)=O)cc(C)c23)c1. The monoisotopic (exact) mass is 355 g/mol. The molecule has 0 unspecified atom stereocenters. The molecular weight excluding hydrogens is 334 g/mol. The maximum atomic E-state index is 11.1. The first-order valence-corrected chi connectivity index (χ1v) is 8.13. The second-order valence-corrected chi connectivity index (χ2v) is 6.04. The van der Waals surface area contributed by atoms with E-state index in [1.165, 1.54) is 6.92 Å². The van der Waals surface area contributed by atoms with E-state index in [1.54, 1.807) is 18.9 Å². The first-order valence-electron chi connectivity index (χ1n) is 8.13. The molecule has 0 radical (unpaired) electrons. The summed E-state index contributed by atoms with van der Waals surface area (Å²) in [6.07, 6.45) is 0. The largest absolute Gasteiger partial charge is 0.497 e. The number of nitrogens with zero attached hydrogens (tertiary/aromatic N) is 3. The van der Waals surface area contributed by atoms with Crippen molar-refractivity contribution in [1.29, 1.82) is 0 Å². The number of aryl methyl sites for hydroxylation is 2. The van der Waals surface area contributed by atoms with E-state index in [-0.39, 0.29) is 12.4 Å². The third-order valence-electron chi connectivity index (χ3n) is 4.02. The molecule has 2 aromatic heterocycles. The predicted molar refractivity (Wildman–Crippen MR) is 98.0 cm³/mol. The molecule has 0 atom stereocenters. The van der Waals surface area contributed by atoms with Gasteiger partial charge in [0.2, 0.25) is 5.88 Å². The Hall–Kier alpha value is -3.09. The van der Waals surface area contributed by atoms with Crippen LogP contribution in [0.4, 0.5) is 0 Å². The average molecular weight is 355 g/mol. The minimum atomic E-state index is -0.0567. The molecule has 0 aliphatic rings. The lowest BCUT2D eigenvalue weighted by atomic mass is 10.1. The number of aromatic nitrogens is 3. The third kappa shape index (κ3) is 3.33. The molecule has 136 valence electrons. The Morgan fingerprint density at radius 1 is 1.12 bits per heavy atom. The van der Waals surface area contributed by atoms with Crippen LogP contribution in [0.2, 0.25) is 0 Å². The Morgan fingerprint density at radius 2 is 1.77 bits per heavy atom. The molecule has 0 fully saturated rings. The number of methoxy groups -OCH3 is 2. The van der Waals surface area contributed by atoms with Crippen LogP contribution in [-0.4, -0.2) is 41.4 Å². The highest BCUT2D eigenvalue weighted by molar-refractivity contribution is 5.94. The predicted octanol–water partition coefficient (Wildman–Crippen LogP) is 2.93. The Bertz CT molecular complexity index is 956. The topological polar surface area (TPSA) is 75.5 Å². The van der Waals surface area contributed by atoms with Gasteiger partial charge in [-0.3, -0.25) is 4.79 Å². The number of benzene rings is 1. The normalized spacial score (nSPS) is 10.8. The van der Waals surface area contributed by atoms with Crippen molar-refractivity contribution in [2.24, 2.45) is 7.05 Å². The van der Waals surface area contributed by atoms with Crippen LogP contribution in [0.5, 0.6) is 17.4 Å². The molecule has 0 saturated heterocycles. The Kier molecular flexibility index (Phi) is 4.79. The Balaban J connectivity index is 2.15. The van der Waals surface area contributed by atoms with Gasteiger partial charge in [-0.2, -0.15) is 10.1 Å². The van der Waals surface area contributed by atoms with Crippen molar-refractivity contribution in [1.82, 2.24) is 14.8 Å². The van der Waals surface area contributed by atoms with E-state index < -0.39 is 0 Å². The summed E-state index contributed by atoms with van der Waals surface area (Å²) in [5.74, 6) is 1.72. The summed E-state index contributed by atoms with van der Waals surface area (Å²) >= 11 is 0. The van der Waals surface area contributed by atoms with Gasteiger partial charge >= 0.3 is 0 Å². The molecule has 26 heavy (non-hydrogen) atoms. The minimum Gasteiger partial charge on any atom is -0.497 e. The van der Waals surface area contributed by atoms with Crippen molar-refractivity contribution < 1.29 is 19.0 Å². The molecule has 3 rings (SSSR count). The van der Waals surface area contributed by atoms with Crippen LogP contribution in [-0.2, 0) is 11.8 Å². The Morgan fingerprint density at radius 3 is 2.35 bits per heavy atom. The minimum absolute atomic E-state index is 0.00423. The molecule has 0 amide bonds. The van der Waals surface area contributed by atoms with E-state index in [4.69, 9.17) is 14.2 Å². The quantitative estimate of drug-likeness (QED) is 0.677. The first-order chi connectivity index (χ1) is 12.4. The number of carbonyl (C=O) groups excluding carboxylic acids is 1. The molecule has 1 aromatic carbocycles. The van der Waals surface area contributed by atoms with Gasteiger partial charge in [0.1, 0.15) is 23.8 Å². The van der Waals surface area contributed by atoms with E-state index in [0.29, 0.717) is 23.0 Å². The molecule has 7 heteroatoms. The Labute approximate surface area is 151 Å². The van der Waals surface area contributed by atoms with Crippen molar-refractivity contribution in [3.63, 3.8) is 0 Å². The average Bonchev–Trinajstić information content (AvgIpc) is 2.97. The highest BCUT2D eigenvalue weighted by Crippen LogP contribution is 2.35. The molecular formula is C19H21N3O4. The van der Waals surface area contributed by atoms with E-state index in [1.807, 2.05) is 38.2 Å². The van der Waals surface area contributed by atoms with Gasteiger partial charge in [-0.15, -0.1) is 0 Å². The summed E-state index contributed by atoms with van der Waals surface area (Å²) in [5, 5.41) is 5.54. The number of hydrogen-bond donors (Lipinski definition) is 0. The van der Waals surface area contributed by atoms with Gasteiger partial charge < -0.3 is 14.2 Å². The molecule has 0 N–H and O–H groups in total. The molecule has 7 nitrogen and oxygen atoms in total. The van der Waals surface area contributed by atoms with E-state index in [0.717, 1.165) is 22.2 Å². The van der Waals surface area contributed by atoms with Crippen LogP contribution in [0.25, 0.3) is 22.3 Å². The number of fused-ring (bicyclic) bond motifs is 1. The maximum Gasteiger partial charge on any atom is 0.215 e. The van der Waals surface area contributed by atoms with Crippen LogP contribution >= 0.6 is 0 Å².